The Hall–Kier alpha value is -2.62. The van der Waals surface area contributed by atoms with Gasteiger partial charge in [0.15, 0.2) is 11.8 Å². The maximum atomic E-state index is 6.10. The van der Waals surface area contributed by atoms with Gasteiger partial charge >= 0.3 is 0 Å². The Kier molecular flexibility index (Phi) is 4.86. The van der Waals surface area contributed by atoms with E-state index in [1.807, 2.05) is 12.1 Å². The fourth-order valence-electron chi connectivity index (χ4n) is 4.60. The van der Waals surface area contributed by atoms with E-state index in [0.717, 1.165) is 24.6 Å². The molecule has 4 atom stereocenters. The number of benzene rings is 2. The highest BCUT2D eigenvalue weighted by Gasteiger charge is 2.39. The summed E-state index contributed by atoms with van der Waals surface area (Å²) in [6, 6.07) is 21.1. The molecular weight excluding hydrogens is 348 g/mol. The molecule has 1 aliphatic carbocycles. The molecule has 1 saturated carbocycles. The van der Waals surface area contributed by atoms with E-state index in [4.69, 9.17) is 19.5 Å². The van der Waals surface area contributed by atoms with E-state index in [9.17, 15) is 0 Å². The molecule has 0 amide bonds. The first-order valence-electron chi connectivity index (χ1n) is 10.4. The van der Waals surface area contributed by atoms with Crippen molar-refractivity contribution in [3.63, 3.8) is 0 Å². The Morgan fingerprint density at radius 3 is 1.46 bits per heavy atom. The zero-order valence-electron chi connectivity index (χ0n) is 16.0. The van der Waals surface area contributed by atoms with E-state index in [0.29, 0.717) is 13.2 Å². The maximum Gasteiger partial charge on any atom is 0.188 e. The lowest BCUT2D eigenvalue weighted by molar-refractivity contribution is 0.237. The molecule has 4 heteroatoms. The van der Waals surface area contributed by atoms with Crippen LogP contribution >= 0.6 is 0 Å². The Labute approximate surface area is 166 Å². The molecule has 2 aromatic rings. The Balaban J connectivity index is 1.36. The number of hydrogen-bond acceptors (Lipinski definition) is 4. The first kappa shape index (κ1) is 17.5. The normalized spacial score (nSPS) is 29.6. The molecule has 0 unspecified atom stereocenters. The number of rotatable bonds is 4. The van der Waals surface area contributed by atoms with Crippen LogP contribution < -0.4 is 0 Å². The molecule has 3 aliphatic rings. The summed E-state index contributed by atoms with van der Waals surface area (Å²) in [6.07, 6.45) is 4.64. The summed E-state index contributed by atoms with van der Waals surface area (Å²) >= 11 is 0. The zero-order valence-corrected chi connectivity index (χ0v) is 16.0. The Bertz CT molecular complexity index is 789. The van der Waals surface area contributed by atoms with Crippen LogP contribution in [-0.2, 0) is 9.47 Å². The summed E-state index contributed by atoms with van der Waals surface area (Å²) in [6.45, 7) is 1.28. The van der Waals surface area contributed by atoms with Crippen molar-refractivity contribution in [2.75, 3.05) is 13.2 Å². The highest BCUT2D eigenvalue weighted by molar-refractivity contribution is 5.89. The van der Waals surface area contributed by atoms with E-state index in [-0.39, 0.29) is 23.9 Å². The van der Waals surface area contributed by atoms with Crippen molar-refractivity contribution in [2.24, 2.45) is 21.8 Å². The Morgan fingerprint density at radius 1 is 0.607 bits per heavy atom. The Morgan fingerprint density at radius 2 is 1.04 bits per heavy atom. The monoisotopic (exact) mass is 374 g/mol. The van der Waals surface area contributed by atoms with Crippen LogP contribution in [0.4, 0.5) is 0 Å². The van der Waals surface area contributed by atoms with Gasteiger partial charge in [0.2, 0.25) is 0 Å². The average Bonchev–Trinajstić information content (AvgIpc) is 3.45. The summed E-state index contributed by atoms with van der Waals surface area (Å²) in [5, 5.41) is 0. The predicted molar refractivity (Wildman–Crippen MR) is 111 cm³/mol. The lowest BCUT2D eigenvalue weighted by Gasteiger charge is -2.30. The summed E-state index contributed by atoms with van der Waals surface area (Å²) in [4.78, 5) is 9.93. The molecule has 0 aromatic heterocycles. The van der Waals surface area contributed by atoms with E-state index >= 15 is 0 Å². The minimum absolute atomic E-state index is 0.113. The van der Waals surface area contributed by atoms with Gasteiger partial charge in [-0.15, -0.1) is 0 Å². The van der Waals surface area contributed by atoms with Gasteiger partial charge in [0.05, 0.1) is 0 Å². The van der Waals surface area contributed by atoms with Gasteiger partial charge in [-0.1, -0.05) is 73.5 Å². The standard InChI is InChI=1S/C24H26N2O2/c1-3-9-17(10-4-1)21-15-27-23(25-21)19-13-7-8-14-20(19)24-26-22(16-28-24)18-11-5-2-6-12-18/h1-6,9-12,19-22H,7-8,13-16H2/t19-,20-,21-,22-/m1/s1. The minimum Gasteiger partial charge on any atom is -0.478 e. The van der Waals surface area contributed by atoms with Crippen LogP contribution in [0.1, 0.15) is 48.9 Å². The predicted octanol–water partition coefficient (Wildman–Crippen LogP) is 5.13. The third-order valence-electron chi connectivity index (χ3n) is 6.11. The quantitative estimate of drug-likeness (QED) is 0.744. The molecule has 5 rings (SSSR count). The molecule has 144 valence electrons. The second-order valence-electron chi connectivity index (χ2n) is 7.91. The molecular formula is C24H26N2O2. The van der Waals surface area contributed by atoms with Crippen molar-refractivity contribution in [3.8, 4) is 0 Å². The number of ether oxygens (including phenoxy) is 2. The van der Waals surface area contributed by atoms with Crippen molar-refractivity contribution in [1.82, 2.24) is 0 Å². The van der Waals surface area contributed by atoms with Gasteiger partial charge in [-0.3, -0.25) is 0 Å². The highest BCUT2D eigenvalue weighted by Crippen LogP contribution is 2.38. The van der Waals surface area contributed by atoms with Gasteiger partial charge in [0, 0.05) is 11.8 Å². The fourth-order valence-corrected chi connectivity index (χ4v) is 4.60. The van der Waals surface area contributed by atoms with Crippen LogP contribution in [0, 0.1) is 11.8 Å². The SMILES string of the molecule is c1ccc([C@H]2COC([C@@H]3CCCC[C@H]3C3=N[C@@H](c4ccccc4)CO3)=N2)cc1. The molecule has 1 fully saturated rings. The topological polar surface area (TPSA) is 43.2 Å². The van der Waals surface area contributed by atoms with Gasteiger partial charge < -0.3 is 9.47 Å². The largest absolute Gasteiger partial charge is 0.478 e. The third-order valence-corrected chi connectivity index (χ3v) is 6.11. The lowest BCUT2D eigenvalue weighted by atomic mass is 9.79. The van der Waals surface area contributed by atoms with Crippen LogP contribution in [0.25, 0.3) is 0 Å². The van der Waals surface area contributed by atoms with E-state index in [1.54, 1.807) is 0 Å². The molecule has 28 heavy (non-hydrogen) atoms. The molecule has 2 aliphatic heterocycles. The average molecular weight is 374 g/mol. The molecule has 0 bridgehead atoms. The van der Waals surface area contributed by atoms with E-state index in [2.05, 4.69) is 48.5 Å². The van der Waals surface area contributed by atoms with Crippen molar-refractivity contribution < 1.29 is 9.47 Å². The smallest absolute Gasteiger partial charge is 0.188 e. The van der Waals surface area contributed by atoms with Crippen LogP contribution in [0.2, 0.25) is 0 Å². The van der Waals surface area contributed by atoms with Gasteiger partial charge in [-0.2, -0.15) is 0 Å². The number of hydrogen-bond donors (Lipinski definition) is 0. The van der Waals surface area contributed by atoms with Crippen LogP contribution in [0.5, 0.6) is 0 Å². The zero-order chi connectivity index (χ0) is 18.8. The van der Waals surface area contributed by atoms with Crippen LogP contribution in [0.3, 0.4) is 0 Å². The molecule has 2 aromatic carbocycles. The van der Waals surface area contributed by atoms with Crippen LogP contribution in [-0.4, -0.2) is 25.0 Å². The molecule has 2 heterocycles. The van der Waals surface area contributed by atoms with Crippen molar-refractivity contribution in [1.29, 1.82) is 0 Å². The first-order chi connectivity index (χ1) is 13.9. The molecule has 0 spiro atoms. The molecule has 0 saturated heterocycles. The highest BCUT2D eigenvalue weighted by atomic mass is 16.5. The van der Waals surface area contributed by atoms with E-state index < -0.39 is 0 Å². The summed E-state index contributed by atoms with van der Waals surface area (Å²) in [7, 11) is 0. The first-order valence-corrected chi connectivity index (χ1v) is 10.4. The fraction of sp³-hybridized carbons (Fsp3) is 0.417. The van der Waals surface area contributed by atoms with Crippen molar-refractivity contribution >= 4 is 11.8 Å². The van der Waals surface area contributed by atoms with E-state index in [1.165, 1.54) is 24.0 Å². The maximum absolute atomic E-state index is 6.10. The van der Waals surface area contributed by atoms with Gasteiger partial charge in [0.25, 0.3) is 0 Å². The van der Waals surface area contributed by atoms with Crippen molar-refractivity contribution in [2.45, 2.75) is 37.8 Å². The van der Waals surface area contributed by atoms with Crippen molar-refractivity contribution in [3.05, 3.63) is 71.8 Å². The second-order valence-corrected chi connectivity index (χ2v) is 7.91. The minimum atomic E-state index is 0.113. The molecule has 0 radical (unpaired) electrons. The summed E-state index contributed by atoms with van der Waals surface area (Å²) in [5.41, 5.74) is 2.45. The third kappa shape index (κ3) is 3.44. The second kappa shape index (κ2) is 7.78. The van der Waals surface area contributed by atoms with Crippen LogP contribution in [0.15, 0.2) is 70.6 Å². The number of nitrogens with zero attached hydrogens (tertiary/aromatic N) is 2. The number of aliphatic imine (C=N–C) groups is 2. The molecule has 4 nitrogen and oxygen atoms in total. The van der Waals surface area contributed by atoms with Gasteiger partial charge in [0.1, 0.15) is 25.3 Å². The van der Waals surface area contributed by atoms with Gasteiger partial charge in [-0.05, 0) is 24.0 Å². The lowest BCUT2D eigenvalue weighted by Crippen LogP contribution is -2.33. The summed E-state index contributed by atoms with van der Waals surface area (Å²) in [5.74, 6) is 2.40. The molecule has 0 N–H and O–H groups in total. The summed E-state index contributed by atoms with van der Waals surface area (Å²) < 4.78 is 12.2. The van der Waals surface area contributed by atoms with Gasteiger partial charge in [-0.25, -0.2) is 9.98 Å².